The van der Waals surface area contributed by atoms with E-state index in [9.17, 15) is 30.3 Å². The van der Waals surface area contributed by atoms with E-state index in [1.165, 1.54) is 0 Å². The maximum Gasteiger partial charge on any atom is 0.187 e. The molecule has 9 aliphatic rings. The zero-order chi connectivity index (χ0) is 43.5. The first-order chi connectivity index (χ1) is 29.7. The monoisotopic (exact) mass is 872 g/mol. The Morgan fingerprint density at radius 2 is 1.56 bits per heavy atom. The predicted molar refractivity (Wildman–Crippen MR) is 217 cm³/mol. The van der Waals surface area contributed by atoms with Crippen molar-refractivity contribution < 1.29 is 73.0 Å². The summed E-state index contributed by atoms with van der Waals surface area (Å²) < 4.78 is 55.1. The topological polar surface area (TPSA) is 201 Å². The van der Waals surface area contributed by atoms with Crippen LogP contribution in [0.4, 0.5) is 0 Å². The largest absolute Gasteiger partial charge is 0.497 e. The van der Waals surface area contributed by atoms with E-state index in [4.69, 9.17) is 42.6 Å². The summed E-state index contributed by atoms with van der Waals surface area (Å²) in [7, 11) is 1.57. The van der Waals surface area contributed by atoms with Crippen LogP contribution in [0, 0.1) is 52.3 Å². The van der Waals surface area contributed by atoms with Crippen LogP contribution in [0.3, 0.4) is 0 Å². The highest BCUT2D eigenvalue weighted by Crippen LogP contribution is 2.70. The van der Waals surface area contributed by atoms with Gasteiger partial charge in [0.1, 0.15) is 60.4 Å². The fourth-order valence-corrected chi connectivity index (χ4v) is 14.5. The van der Waals surface area contributed by atoms with Gasteiger partial charge in [-0.1, -0.05) is 39.8 Å². The van der Waals surface area contributed by atoms with Crippen LogP contribution in [0.1, 0.15) is 97.3 Å². The number of methoxy groups -OCH3 is 1. The zero-order valence-electron chi connectivity index (χ0n) is 36.7. The molecule has 15 heteroatoms. The molecule has 5 heterocycles. The number of hydrogen-bond acceptors (Lipinski definition) is 15. The smallest absolute Gasteiger partial charge is 0.187 e. The Hall–Kier alpha value is -1.83. The lowest BCUT2D eigenvalue weighted by Crippen LogP contribution is -2.66. The van der Waals surface area contributed by atoms with Crippen LogP contribution in [-0.2, 0) is 42.7 Å². The number of fused-ring (bicyclic) bond motifs is 8. The van der Waals surface area contributed by atoms with Crippen LogP contribution in [0.25, 0.3) is 0 Å². The second kappa shape index (κ2) is 16.5. The number of benzene rings is 1. The van der Waals surface area contributed by atoms with Gasteiger partial charge in [0.2, 0.25) is 0 Å². The molecule has 5 N–H and O–H groups in total. The van der Waals surface area contributed by atoms with Gasteiger partial charge < -0.3 is 68.2 Å². The van der Waals surface area contributed by atoms with Crippen molar-refractivity contribution >= 4 is 5.78 Å². The first-order valence-corrected chi connectivity index (χ1v) is 23.4. The SMILES string of the molecule is COc1ccc(C2OC[C@H]3O[C@@H](O[C@H]4[C@H](O)[C@@H](O)[C@H](O[C@H]5CC[C@@]6(C)[C@@H](CC[C@@H]7[C@@H]6C(=O)C[C@]6(C)C8C(C[C@@H]76)O[C@]6(CC[C@@H](C)CO6)[C@H]8C)C5)O[C@@H]4CO)[C@H](O)[C@@H](O)[C@@H]3O2)cc1. The molecule has 15 nitrogen and oxygen atoms in total. The Kier molecular flexibility index (Phi) is 11.7. The maximum absolute atomic E-state index is 14.6. The molecular weight excluding hydrogens is 805 g/mol. The number of Topliss-reactive ketones (excluding diaryl/α,β-unsaturated/α-hetero) is 1. The second-order valence-electron chi connectivity index (χ2n) is 21.1. The van der Waals surface area contributed by atoms with Gasteiger partial charge in [-0.15, -0.1) is 0 Å². The summed E-state index contributed by atoms with van der Waals surface area (Å²) in [6.07, 6.45) is -6.43. The summed E-state index contributed by atoms with van der Waals surface area (Å²) >= 11 is 0. The first kappa shape index (κ1) is 44.0. The average molecular weight is 873 g/mol. The van der Waals surface area contributed by atoms with Crippen molar-refractivity contribution in [1.82, 2.24) is 0 Å². The molecule has 346 valence electrons. The van der Waals surface area contributed by atoms with Crippen LogP contribution in [-0.4, -0.2) is 138 Å². The second-order valence-corrected chi connectivity index (χ2v) is 21.1. The Balaban J connectivity index is 0.755. The normalized spacial score (nSPS) is 53.6. The highest BCUT2D eigenvalue weighted by Gasteiger charge is 2.71. The standard InChI is InChI=1S/C47H68O15/c1-22-12-15-47(56-20-22)23(2)34-31(62-47)17-29-28-11-8-25-16-27(13-14-45(25,3)35(28)30(49)18-46(29,34)4)57-43-38(52)36(50)40(32(19-48)58-43)61-44-39(53)37(51)41-33(59-44)21-55-42(60-41)24-6-9-26(54-5)10-7-24/h6-7,9-10,22-23,25,27-29,31-44,48,50-53H,8,11-21H2,1-5H3/t22-,23+,25+,27+,28+,29+,31?,32-,33-,34?,35-,36-,37-,38-,39-,40-,41-,42?,43-,44+,45+,46+,47-/m1/s1. The Morgan fingerprint density at radius 1 is 0.806 bits per heavy atom. The molecule has 5 aliphatic heterocycles. The third-order valence-electron chi connectivity index (χ3n) is 17.7. The number of hydrogen-bond donors (Lipinski definition) is 5. The molecule has 1 spiro atoms. The van der Waals surface area contributed by atoms with Crippen molar-refractivity contribution in [2.24, 2.45) is 52.3 Å². The van der Waals surface area contributed by atoms with E-state index in [1.54, 1.807) is 31.4 Å². The molecule has 9 fully saturated rings. The molecule has 1 aromatic carbocycles. The van der Waals surface area contributed by atoms with E-state index in [1.807, 2.05) is 0 Å². The van der Waals surface area contributed by atoms with Crippen LogP contribution >= 0.6 is 0 Å². The summed E-state index contributed by atoms with van der Waals surface area (Å²) in [6.45, 7) is 9.40. The summed E-state index contributed by atoms with van der Waals surface area (Å²) in [5.74, 6) is 2.62. The Bertz CT molecular complexity index is 1770. The van der Waals surface area contributed by atoms with E-state index in [-0.39, 0.29) is 47.4 Å². The molecule has 62 heavy (non-hydrogen) atoms. The molecule has 4 aliphatic carbocycles. The van der Waals surface area contributed by atoms with Crippen molar-refractivity contribution in [3.05, 3.63) is 29.8 Å². The predicted octanol–water partition coefficient (Wildman–Crippen LogP) is 3.39. The van der Waals surface area contributed by atoms with Crippen LogP contribution in [0.2, 0.25) is 0 Å². The molecule has 0 bridgehead atoms. The highest BCUT2D eigenvalue weighted by atomic mass is 16.8. The molecule has 0 amide bonds. The van der Waals surface area contributed by atoms with Crippen LogP contribution in [0.5, 0.6) is 5.75 Å². The number of ketones is 1. The van der Waals surface area contributed by atoms with E-state index >= 15 is 0 Å². The molecule has 10 rings (SSSR count). The van der Waals surface area contributed by atoms with Gasteiger partial charge in [0.05, 0.1) is 39.1 Å². The van der Waals surface area contributed by atoms with Crippen molar-refractivity contribution in [3.8, 4) is 5.75 Å². The zero-order valence-corrected chi connectivity index (χ0v) is 36.7. The van der Waals surface area contributed by atoms with Gasteiger partial charge in [-0.3, -0.25) is 4.79 Å². The maximum atomic E-state index is 14.6. The molecular formula is C47H68O15. The number of rotatable bonds is 7. The summed E-state index contributed by atoms with van der Waals surface area (Å²) in [4.78, 5) is 14.6. The van der Waals surface area contributed by atoms with E-state index < -0.39 is 80.1 Å². The number of aliphatic hydroxyl groups excluding tert-OH is 5. The fourth-order valence-electron chi connectivity index (χ4n) is 14.5. The first-order valence-electron chi connectivity index (χ1n) is 23.4. The van der Waals surface area contributed by atoms with Gasteiger partial charge in [0, 0.05) is 30.2 Å². The average Bonchev–Trinajstić information content (AvgIpc) is 3.71. The molecule has 5 saturated heterocycles. The summed E-state index contributed by atoms with van der Waals surface area (Å²) in [5.41, 5.74) is 0.411. The number of ether oxygens (including phenoxy) is 9. The molecule has 23 atom stereocenters. The third kappa shape index (κ3) is 7.05. The minimum Gasteiger partial charge on any atom is -0.497 e. The summed E-state index contributed by atoms with van der Waals surface area (Å²) in [5, 5.41) is 55.6. The lowest BCUT2D eigenvalue weighted by Gasteiger charge is -2.60. The van der Waals surface area contributed by atoms with Crippen molar-refractivity contribution in [1.29, 1.82) is 0 Å². The Morgan fingerprint density at radius 3 is 2.29 bits per heavy atom. The number of carbonyl (C=O) groups is 1. The third-order valence-corrected chi connectivity index (χ3v) is 17.7. The molecule has 4 saturated carbocycles. The van der Waals surface area contributed by atoms with E-state index in [2.05, 4.69) is 27.7 Å². The van der Waals surface area contributed by atoms with Gasteiger partial charge >= 0.3 is 0 Å². The molecule has 1 aromatic rings. The minimum atomic E-state index is -1.60. The van der Waals surface area contributed by atoms with Crippen molar-refractivity contribution in [2.75, 3.05) is 26.9 Å². The lowest BCUT2D eigenvalue weighted by molar-refractivity contribution is -0.387. The number of carbonyl (C=O) groups excluding carboxylic acids is 1. The van der Waals surface area contributed by atoms with Gasteiger partial charge in [-0.2, -0.15) is 0 Å². The minimum absolute atomic E-state index is 0.0126. The van der Waals surface area contributed by atoms with Gasteiger partial charge in [-0.05, 0) is 97.5 Å². The van der Waals surface area contributed by atoms with Crippen LogP contribution < -0.4 is 4.74 Å². The van der Waals surface area contributed by atoms with Crippen molar-refractivity contribution in [2.45, 2.75) is 171 Å². The van der Waals surface area contributed by atoms with Gasteiger partial charge in [-0.25, -0.2) is 0 Å². The molecule has 0 radical (unpaired) electrons. The van der Waals surface area contributed by atoms with E-state index in [0.29, 0.717) is 60.0 Å². The molecule has 0 aromatic heterocycles. The molecule has 3 unspecified atom stereocenters. The Labute approximate surface area is 363 Å². The van der Waals surface area contributed by atoms with Crippen LogP contribution in [0.15, 0.2) is 24.3 Å². The number of aliphatic hydroxyl groups is 5. The lowest BCUT2D eigenvalue weighted by atomic mass is 9.44. The quantitative estimate of drug-likeness (QED) is 0.250. The van der Waals surface area contributed by atoms with Crippen molar-refractivity contribution in [3.63, 3.8) is 0 Å². The van der Waals surface area contributed by atoms with Gasteiger partial charge in [0.25, 0.3) is 0 Å². The summed E-state index contributed by atoms with van der Waals surface area (Å²) in [6, 6.07) is 7.09. The fraction of sp³-hybridized carbons (Fsp3) is 0.851. The highest BCUT2D eigenvalue weighted by molar-refractivity contribution is 5.84. The van der Waals surface area contributed by atoms with Gasteiger partial charge in [0.15, 0.2) is 24.7 Å². The van der Waals surface area contributed by atoms with E-state index in [0.717, 1.165) is 45.1 Å².